The summed E-state index contributed by atoms with van der Waals surface area (Å²) < 4.78 is 0. The minimum Gasteiger partial charge on any atom is -0.478 e. The Balaban J connectivity index is 2.13. The Morgan fingerprint density at radius 1 is 1.42 bits per heavy atom. The minimum absolute atomic E-state index is 0.204. The van der Waals surface area contributed by atoms with Crippen LogP contribution in [0.15, 0.2) is 18.3 Å². The zero-order valence-corrected chi connectivity index (χ0v) is 11.8. The van der Waals surface area contributed by atoms with Crippen LogP contribution in [0.25, 0.3) is 0 Å². The number of aromatic nitrogens is 1. The van der Waals surface area contributed by atoms with Gasteiger partial charge < -0.3 is 14.9 Å². The number of aromatic carboxylic acids is 1. The van der Waals surface area contributed by atoms with E-state index in [0.29, 0.717) is 5.82 Å². The van der Waals surface area contributed by atoms with Crippen LogP contribution in [-0.2, 0) is 0 Å². The number of hydrogen-bond acceptors (Lipinski definition) is 4. The summed E-state index contributed by atoms with van der Waals surface area (Å²) in [6.07, 6.45) is 5.18. The number of carboxylic acid groups (broad SMARTS) is 1. The summed E-state index contributed by atoms with van der Waals surface area (Å²) in [5.41, 5.74) is 0.486. The minimum atomic E-state index is -0.914. The van der Waals surface area contributed by atoms with Gasteiger partial charge in [-0.25, -0.2) is 9.78 Å². The highest BCUT2D eigenvalue weighted by Crippen LogP contribution is 2.37. The molecular formula is C14H21N3O2. The summed E-state index contributed by atoms with van der Waals surface area (Å²) in [6, 6.07) is 3.15. The van der Waals surface area contributed by atoms with Crippen LogP contribution in [0.4, 0.5) is 5.82 Å². The molecule has 0 radical (unpaired) electrons. The lowest BCUT2D eigenvalue weighted by molar-refractivity contribution is 0.0681. The molecule has 1 aliphatic carbocycles. The highest BCUT2D eigenvalue weighted by Gasteiger charge is 2.40. The predicted molar refractivity (Wildman–Crippen MR) is 74.7 cm³/mol. The number of nitrogens with zero attached hydrogens (tertiary/aromatic N) is 3. The number of carboxylic acids is 1. The van der Waals surface area contributed by atoms with Gasteiger partial charge in [-0.3, -0.25) is 0 Å². The van der Waals surface area contributed by atoms with Crippen molar-refractivity contribution in [2.45, 2.75) is 24.8 Å². The van der Waals surface area contributed by atoms with Gasteiger partial charge in [0.2, 0.25) is 0 Å². The van der Waals surface area contributed by atoms with Gasteiger partial charge in [0, 0.05) is 25.3 Å². The molecule has 1 N–H and O–H groups in total. The van der Waals surface area contributed by atoms with E-state index in [1.54, 1.807) is 12.3 Å². The van der Waals surface area contributed by atoms with Crippen LogP contribution < -0.4 is 4.90 Å². The summed E-state index contributed by atoms with van der Waals surface area (Å²) in [5.74, 6) is -0.198. The molecule has 5 heteroatoms. The van der Waals surface area contributed by atoms with Crippen molar-refractivity contribution in [3.63, 3.8) is 0 Å². The topological polar surface area (TPSA) is 56.7 Å². The van der Waals surface area contributed by atoms with Crippen molar-refractivity contribution in [1.82, 2.24) is 9.88 Å². The van der Waals surface area contributed by atoms with E-state index in [1.165, 1.54) is 25.3 Å². The number of rotatable bonds is 5. The molecule has 0 spiro atoms. The number of carbonyl (C=O) groups is 1. The van der Waals surface area contributed by atoms with Crippen LogP contribution in [-0.4, -0.2) is 54.2 Å². The number of likely N-dealkylation sites (N-methyl/N-ethyl adjacent to an activating group) is 2. The first-order valence-corrected chi connectivity index (χ1v) is 6.52. The summed E-state index contributed by atoms with van der Waals surface area (Å²) in [5, 5.41) is 9.01. The van der Waals surface area contributed by atoms with E-state index in [1.807, 2.05) is 11.9 Å². The van der Waals surface area contributed by atoms with Gasteiger partial charge in [0.25, 0.3) is 0 Å². The molecule has 2 rings (SSSR count). The lowest BCUT2D eigenvalue weighted by Gasteiger charge is -2.49. The first-order chi connectivity index (χ1) is 8.94. The normalized spacial score (nSPS) is 17.1. The summed E-state index contributed by atoms with van der Waals surface area (Å²) in [7, 11) is 6.18. The Morgan fingerprint density at radius 3 is 2.58 bits per heavy atom. The second kappa shape index (κ2) is 5.17. The average molecular weight is 263 g/mol. The molecule has 1 aromatic heterocycles. The molecule has 0 aliphatic heterocycles. The van der Waals surface area contributed by atoms with Gasteiger partial charge in [0.05, 0.1) is 5.56 Å². The van der Waals surface area contributed by atoms with E-state index >= 15 is 0 Å². The molecule has 0 aromatic carbocycles. The summed E-state index contributed by atoms with van der Waals surface area (Å²) >= 11 is 0. The highest BCUT2D eigenvalue weighted by atomic mass is 16.4. The van der Waals surface area contributed by atoms with Crippen molar-refractivity contribution < 1.29 is 9.90 Å². The number of anilines is 1. The Labute approximate surface area is 113 Å². The molecule has 104 valence electrons. The molecule has 19 heavy (non-hydrogen) atoms. The third-order valence-electron chi connectivity index (χ3n) is 4.15. The standard InChI is InChI=1S/C14H21N3O2/c1-16(2)14(6-4-7-14)10-17(3)12-9-11(13(18)19)5-8-15-12/h5,8-9H,4,6-7,10H2,1-3H3,(H,18,19). The smallest absolute Gasteiger partial charge is 0.335 e. The fourth-order valence-corrected chi connectivity index (χ4v) is 2.61. The van der Waals surface area contributed by atoms with Crippen molar-refractivity contribution in [3.05, 3.63) is 23.9 Å². The fourth-order valence-electron chi connectivity index (χ4n) is 2.61. The van der Waals surface area contributed by atoms with E-state index in [-0.39, 0.29) is 11.1 Å². The van der Waals surface area contributed by atoms with Crippen LogP contribution in [0.1, 0.15) is 29.6 Å². The molecule has 1 saturated carbocycles. The highest BCUT2D eigenvalue weighted by molar-refractivity contribution is 5.88. The van der Waals surface area contributed by atoms with E-state index in [9.17, 15) is 4.79 Å². The third-order valence-corrected chi connectivity index (χ3v) is 4.15. The van der Waals surface area contributed by atoms with Crippen LogP contribution >= 0.6 is 0 Å². The molecular weight excluding hydrogens is 242 g/mol. The van der Waals surface area contributed by atoms with E-state index in [0.717, 1.165) is 6.54 Å². The van der Waals surface area contributed by atoms with E-state index in [4.69, 9.17) is 5.11 Å². The summed E-state index contributed by atoms with van der Waals surface area (Å²) in [6.45, 7) is 0.871. The Bertz CT molecular complexity index is 470. The van der Waals surface area contributed by atoms with Gasteiger partial charge in [-0.15, -0.1) is 0 Å². The monoisotopic (exact) mass is 263 g/mol. The second-order valence-electron chi connectivity index (χ2n) is 5.54. The zero-order valence-electron chi connectivity index (χ0n) is 11.8. The molecule has 1 fully saturated rings. The molecule has 0 bridgehead atoms. The van der Waals surface area contributed by atoms with E-state index < -0.39 is 5.97 Å². The van der Waals surface area contributed by atoms with E-state index in [2.05, 4.69) is 24.0 Å². The van der Waals surface area contributed by atoms with Gasteiger partial charge in [-0.1, -0.05) is 0 Å². The number of pyridine rings is 1. The van der Waals surface area contributed by atoms with Crippen molar-refractivity contribution in [1.29, 1.82) is 0 Å². The largest absolute Gasteiger partial charge is 0.478 e. The maximum atomic E-state index is 11.0. The second-order valence-corrected chi connectivity index (χ2v) is 5.54. The first kappa shape index (κ1) is 13.8. The van der Waals surface area contributed by atoms with Gasteiger partial charge in [0.1, 0.15) is 5.82 Å². The quantitative estimate of drug-likeness (QED) is 0.876. The molecule has 1 heterocycles. The predicted octanol–water partition coefficient (Wildman–Crippen LogP) is 1.70. The Kier molecular flexibility index (Phi) is 3.75. The summed E-state index contributed by atoms with van der Waals surface area (Å²) in [4.78, 5) is 19.6. The molecule has 1 aliphatic rings. The van der Waals surface area contributed by atoms with Crippen LogP contribution in [0.2, 0.25) is 0 Å². The van der Waals surface area contributed by atoms with Gasteiger partial charge in [0.15, 0.2) is 0 Å². The van der Waals surface area contributed by atoms with Gasteiger partial charge in [-0.05, 0) is 45.5 Å². The molecule has 0 amide bonds. The Morgan fingerprint density at radius 2 is 2.11 bits per heavy atom. The van der Waals surface area contributed by atoms with Crippen LogP contribution in [0, 0.1) is 0 Å². The lowest BCUT2D eigenvalue weighted by Crippen LogP contribution is -2.56. The Hall–Kier alpha value is -1.62. The molecule has 0 atom stereocenters. The SMILES string of the molecule is CN(CC1(N(C)C)CCC1)c1cc(C(=O)O)ccn1. The third kappa shape index (κ3) is 2.71. The fraction of sp³-hybridized carbons (Fsp3) is 0.571. The zero-order chi connectivity index (χ0) is 14.0. The maximum absolute atomic E-state index is 11.0. The van der Waals surface area contributed by atoms with Gasteiger partial charge in [-0.2, -0.15) is 0 Å². The molecule has 1 aromatic rings. The molecule has 5 nitrogen and oxygen atoms in total. The number of hydrogen-bond donors (Lipinski definition) is 1. The van der Waals surface area contributed by atoms with Crippen molar-refractivity contribution in [2.75, 3.05) is 32.6 Å². The lowest BCUT2D eigenvalue weighted by atomic mass is 9.75. The molecule has 0 saturated heterocycles. The van der Waals surface area contributed by atoms with Crippen molar-refractivity contribution in [3.8, 4) is 0 Å². The van der Waals surface area contributed by atoms with Crippen molar-refractivity contribution >= 4 is 11.8 Å². The van der Waals surface area contributed by atoms with Crippen molar-refractivity contribution in [2.24, 2.45) is 0 Å². The molecule has 0 unspecified atom stereocenters. The van der Waals surface area contributed by atoms with Crippen LogP contribution in [0.3, 0.4) is 0 Å². The maximum Gasteiger partial charge on any atom is 0.335 e. The first-order valence-electron chi connectivity index (χ1n) is 6.52. The average Bonchev–Trinajstić information content (AvgIpc) is 2.33. The van der Waals surface area contributed by atoms with Crippen LogP contribution in [0.5, 0.6) is 0 Å². The van der Waals surface area contributed by atoms with Gasteiger partial charge >= 0.3 is 5.97 Å².